The summed E-state index contributed by atoms with van der Waals surface area (Å²) < 4.78 is 5.13. The number of hydrogen-bond donors (Lipinski definition) is 1. The highest BCUT2D eigenvalue weighted by Gasteiger charge is 2.17. The summed E-state index contributed by atoms with van der Waals surface area (Å²) in [6.07, 6.45) is -0.0752. The molecule has 0 spiro atoms. The molecule has 1 aromatic rings. The van der Waals surface area contributed by atoms with Crippen molar-refractivity contribution in [1.29, 1.82) is 0 Å². The number of benzene rings is 1. The van der Waals surface area contributed by atoms with Crippen LogP contribution in [0.1, 0.15) is 32.3 Å². The monoisotopic (exact) mass is 207 g/mol. The normalized spacial score (nSPS) is 12.5. The van der Waals surface area contributed by atoms with Crippen LogP contribution < -0.4 is 5.73 Å². The Kier molecular flexibility index (Phi) is 3.72. The largest absolute Gasteiger partial charge is 0.463 e. The molecule has 1 atom stereocenters. The maximum atomic E-state index is 11.6. The van der Waals surface area contributed by atoms with Gasteiger partial charge in [0.25, 0.3) is 0 Å². The lowest BCUT2D eigenvalue weighted by Crippen LogP contribution is -2.17. The van der Waals surface area contributed by atoms with Gasteiger partial charge < -0.3 is 10.5 Å². The summed E-state index contributed by atoms with van der Waals surface area (Å²) in [4.78, 5) is 11.6. The second-order valence-electron chi connectivity index (χ2n) is 3.87. The summed E-state index contributed by atoms with van der Waals surface area (Å²) in [5.41, 5.74) is 7.19. The average Bonchev–Trinajstić information content (AvgIpc) is 2.17. The topological polar surface area (TPSA) is 52.3 Å². The molecule has 0 aliphatic carbocycles. The van der Waals surface area contributed by atoms with Crippen LogP contribution in [0.2, 0.25) is 0 Å². The van der Waals surface area contributed by atoms with Gasteiger partial charge >= 0.3 is 5.97 Å². The SMILES string of the molecule is CC(C)OC(=O)C(C)c1ccc(N)cc1. The molecule has 1 aromatic carbocycles. The number of carbonyl (C=O) groups excluding carboxylic acids is 1. The predicted octanol–water partition coefficient (Wildman–Crippen LogP) is 2.32. The number of nitrogen functional groups attached to an aromatic ring is 1. The molecule has 0 heterocycles. The number of carbonyl (C=O) groups is 1. The van der Waals surface area contributed by atoms with E-state index in [-0.39, 0.29) is 18.0 Å². The maximum Gasteiger partial charge on any atom is 0.313 e. The molecule has 3 nitrogen and oxygen atoms in total. The minimum atomic E-state index is -0.243. The molecule has 3 heteroatoms. The highest BCUT2D eigenvalue weighted by atomic mass is 16.5. The Hall–Kier alpha value is -1.51. The van der Waals surface area contributed by atoms with E-state index >= 15 is 0 Å². The Bertz CT molecular complexity index is 330. The fourth-order valence-electron chi connectivity index (χ4n) is 1.26. The van der Waals surface area contributed by atoms with E-state index in [1.165, 1.54) is 0 Å². The van der Waals surface area contributed by atoms with Gasteiger partial charge in [0, 0.05) is 5.69 Å². The van der Waals surface area contributed by atoms with E-state index < -0.39 is 0 Å². The summed E-state index contributed by atoms with van der Waals surface area (Å²) in [6.45, 7) is 5.51. The van der Waals surface area contributed by atoms with Crippen LogP contribution in [-0.4, -0.2) is 12.1 Å². The van der Waals surface area contributed by atoms with Gasteiger partial charge in [-0.05, 0) is 38.5 Å². The first-order valence-corrected chi connectivity index (χ1v) is 5.06. The molecule has 0 radical (unpaired) electrons. The van der Waals surface area contributed by atoms with E-state index in [4.69, 9.17) is 10.5 Å². The molecule has 0 bridgehead atoms. The third-order valence-corrected chi connectivity index (χ3v) is 2.14. The van der Waals surface area contributed by atoms with Crippen molar-refractivity contribution < 1.29 is 9.53 Å². The van der Waals surface area contributed by atoms with Crippen LogP contribution >= 0.6 is 0 Å². The highest BCUT2D eigenvalue weighted by Crippen LogP contribution is 2.18. The number of ether oxygens (including phenoxy) is 1. The maximum absolute atomic E-state index is 11.6. The van der Waals surface area contributed by atoms with Gasteiger partial charge in [-0.3, -0.25) is 4.79 Å². The number of anilines is 1. The van der Waals surface area contributed by atoms with Crippen molar-refractivity contribution in [1.82, 2.24) is 0 Å². The number of nitrogens with two attached hydrogens (primary N) is 1. The van der Waals surface area contributed by atoms with Gasteiger partial charge in [-0.25, -0.2) is 0 Å². The van der Waals surface area contributed by atoms with Crippen molar-refractivity contribution in [2.45, 2.75) is 32.8 Å². The number of rotatable bonds is 3. The third kappa shape index (κ3) is 3.27. The van der Waals surface area contributed by atoms with Crippen LogP contribution in [0.15, 0.2) is 24.3 Å². The van der Waals surface area contributed by atoms with Gasteiger partial charge in [0.15, 0.2) is 0 Å². The van der Waals surface area contributed by atoms with Gasteiger partial charge in [0.05, 0.1) is 12.0 Å². The fourth-order valence-corrected chi connectivity index (χ4v) is 1.26. The van der Waals surface area contributed by atoms with E-state index in [1.807, 2.05) is 32.9 Å². The zero-order chi connectivity index (χ0) is 11.4. The molecule has 0 fully saturated rings. The van der Waals surface area contributed by atoms with E-state index in [0.717, 1.165) is 5.56 Å². The standard InChI is InChI=1S/C12H17NO2/c1-8(2)15-12(14)9(3)10-4-6-11(13)7-5-10/h4-9H,13H2,1-3H3. The van der Waals surface area contributed by atoms with Crippen LogP contribution in [0, 0.1) is 0 Å². The molecular weight excluding hydrogens is 190 g/mol. The van der Waals surface area contributed by atoms with Gasteiger partial charge in [0.1, 0.15) is 0 Å². The van der Waals surface area contributed by atoms with Crippen molar-refractivity contribution in [2.75, 3.05) is 5.73 Å². The Morgan fingerprint density at radius 2 is 1.73 bits per heavy atom. The Morgan fingerprint density at radius 3 is 2.20 bits per heavy atom. The summed E-state index contributed by atoms with van der Waals surface area (Å²) in [5.74, 6) is -0.442. The van der Waals surface area contributed by atoms with Crippen molar-refractivity contribution in [2.24, 2.45) is 0 Å². The molecule has 82 valence electrons. The second kappa shape index (κ2) is 4.82. The van der Waals surface area contributed by atoms with Gasteiger partial charge in [-0.15, -0.1) is 0 Å². The molecule has 0 aliphatic heterocycles. The molecule has 1 rings (SSSR count). The molecule has 2 N–H and O–H groups in total. The number of esters is 1. The fraction of sp³-hybridized carbons (Fsp3) is 0.417. The Labute approximate surface area is 90.2 Å². The van der Waals surface area contributed by atoms with Gasteiger partial charge in [0.2, 0.25) is 0 Å². The average molecular weight is 207 g/mol. The van der Waals surface area contributed by atoms with Crippen molar-refractivity contribution in [3.63, 3.8) is 0 Å². The molecule has 0 amide bonds. The first-order chi connectivity index (χ1) is 7.00. The predicted molar refractivity (Wildman–Crippen MR) is 60.5 cm³/mol. The molecule has 0 saturated carbocycles. The van der Waals surface area contributed by atoms with Gasteiger partial charge in [-0.1, -0.05) is 12.1 Å². The molecule has 0 aliphatic rings. The summed E-state index contributed by atoms with van der Waals surface area (Å²) in [7, 11) is 0. The van der Waals surface area contributed by atoms with Crippen LogP contribution in [0.3, 0.4) is 0 Å². The lowest BCUT2D eigenvalue weighted by Gasteiger charge is -2.14. The van der Waals surface area contributed by atoms with E-state index in [0.29, 0.717) is 5.69 Å². The molecule has 15 heavy (non-hydrogen) atoms. The molecule has 0 aromatic heterocycles. The minimum absolute atomic E-state index is 0.0752. The van der Waals surface area contributed by atoms with Crippen LogP contribution in [0.5, 0.6) is 0 Å². The third-order valence-electron chi connectivity index (χ3n) is 2.14. The minimum Gasteiger partial charge on any atom is -0.463 e. The van der Waals surface area contributed by atoms with Crippen molar-refractivity contribution >= 4 is 11.7 Å². The lowest BCUT2D eigenvalue weighted by molar-refractivity contribution is -0.148. The quantitative estimate of drug-likeness (QED) is 0.611. The van der Waals surface area contributed by atoms with Crippen molar-refractivity contribution in [3.8, 4) is 0 Å². The first-order valence-electron chi connectivity index (χ1n) is 5.06. The Morgan fingerprint density at radius 1 is 1.20 bits per heavy atom. The number of hydrogen-bond acceptors (Lipinski definition) is 3. The molecule has 1 unspecified atom stereocenters. The Balaban J connectivity index is 2.71. The van der Waals surface area contributed by atoms with E-state index in [1.54, 1.807) is 12.1 Å². The zero-order valence-corrected chi connectivity index (χ0v) is 9.36. The molecular formula is C12H17NO2. The van der Waals surface area contributed by atoms with E-state index in [2.05, 4.69) is 0 Å². The summed E-state index contributed by atoms with van der Waals surface area (Å²) in [6, 6.07) is 7.27. The smallest absolute Gasteiger partial charge is 0.313 e. The molecule has 0 saturated heterocycles. The van der Waals surface area contributed by atoms with Gasteiger partial charge in [-0.2, -0.15) is 0 Å². The highest BCUT2D eigenvalue weighted by molar-refractivity contribution is 5.77. The first kappa shape index (κ1) is 11.6. The van der Waals surface area contributed by atoms with Crippen LogP contribution in [-0.2, 0) is 9.53 Å². The van der Waals surface area contributed by atoms with Crippen LogP contribution in [0.25, 0.3) is 0 Å². The summed E-state index contributed by atoms with van der Waals surface area (Å²) >= 11 is 0. The lowest BCUT2D eigenvalue weighted by atomic mass is 10.0. The van der Waals surface area contributed by atoms with Crippen molar-refractivity contribution in [3.05, 3.63) is 29.8 Å². The summed E-state index contributed by atoms with van der Waals surface area (Å²) in [5, 5.41) is 0. The second-order valence-corrected chi connectivity index (χ2v) is 3.87. The van der Waals surface area contributed by atoms with Crippen LogP contribution in [0.4, 0.5) is 5.69 Å². The van der Waals surface area contributed by atoms with E-state index in [9.17, 15) is 4.79 Å². The zero-order valence-electron chi connectivity index (χ0n) is 9.36.